The van der Waals surface area contributed by atoms with Crippen LogP contribution >= 0.6 is 15.9 Å². The van der Waals surface area contributed by atoms with Crippen LogP contribution in [-0.2, 0) is 4.79 Å². The Kier molecular flexibility index (Phi) is 5.55. The fourth-order valence-corrected chi connectivity index (χ4v) is 2.70. The highest BCUT2D eigenvalue weighted by atomic mass is 79.9. The first-order chi connectivity index (χ1) is 10.5. The zero-order valence-corrected chi connectivity index (χ0v) is 14.1. The van der Waals surface area contributed by atoms with E-state index in [1.807, 2.05) is 32.0 Å². The maximum atomic E-state index is 12.9. The summed E-state index contributed by atoms with van der Waals surface area (Å²) in [6, 6.07) is 11.8. The van der Waals surface area contributed by atoms with Crippen molar-refractivity contribution in [2.75, 3.05) is 11.9 Å². The summed E-state index contributed by atoms with van der Waals surface area (Å²) in [6.07, 6.45) is 0. The lowest BCUT2D eigenvalue weighted by Gasteiger charge is -2.15. The van der Waals surface area contributed by atoms with Gasteiger partial charge >= 0.3 is 0 Å². The molecule has 0 bridgehead atoms. The first-order valence-corrected chi connectivity index (χ1v) is 7.80. The Balaban J connectivity index is 1.88. The van der Waals surface area contributed by atoms with Crippen LogP contribution in [-0.4, -0.2) is 12.5 Å². The third-order valence-electron chi connectivity index (χ3n) is 3.31. The number of hydrogen-bond donors (Lipinski definition) is 2. The van der Waals surface area contributed by atoms with Gasteiger partial charge in [-0.05, 0) is 65.2 Å². The van der Waals surface area contributed by atoms with E-state index >= 15 is 0 Å². The van der Waals surface area contributed by atoms with E-state index in [1.54, 1.807) is 12.1 Å². The minimum atomic E-state index is -0.284. The monoisotopic (exact) mass is 364 g/mol. The second-order valence-corrected chi connectivity index (χ2v) is 6.03. The summed E-state index contributed by atoms with van der Waals surface area (Å²) >= 11 is 3.46. The van der Waals surface area contributed by atoms with Crippen LogP contribution in [0.25, 0.3) is 0 Å². The molecule has 0 saturated carbocycles. The lowest BCUT2D eigenvalue weighted by molar-refractivity contribution is -0.120. The van der Waals surface area contributed by atoms with Gasteiger partial charge in [0.15, 0.2) is 0 Å². The predicted octanol–water partition coefficient (Wildman–Crippen LogP) is 4.19. The van der Waals surface area contributed by atoms with Crippen molar-refractivity contribution in [2.45, 2.75) is 19.9 Å². The maximum Gasteiger partial charge on any atom is 0.239 e. The summed E-state index contributed by atoms with van der Waals surface area (Å²) in [4.78, 5) is 12.0. The van der Waals surface area contributed by atoms with E-state index in [0.29, 0.717) is 0 Å². The van der Waals surface area contributed by atoms with Crippen molar-refractivity contribution in [3.63, 3.8) is 0 Å². The molecule has 0 spiro atoms. The standard InChI is InChI=1S/C17H18BrFN2O/c1-11-3-8-16(15(18)9-11)20-10-17(22)21-12(2)13-4-6-14(19)7-5-13/h3-9,12,20H,10H2,1-2H3,(H,21,22). The molecular formula is C17H18BrFN2O. The second-order valence-electron chi connectivity index (χ2n) is 5.18. The fraction of sp³-hybridized carbons (Fsp3) is 0.235. The SMILES string of the molecule is Cc1ccc(NCC(=O)NC(C)c2ccc(F)cc2)c(Br)c1. The van der Waals surface area contributed by atoms with E-state index in [2.05, 4.69) is 26.6 Å². The van der Waals surface area contributed by atoms with Crippen LogP contribution in [0.3, 0.4) is 0 Å². The Hall–Kier alpha value is -1.88. The minimum Gasteiger partial charge on any atom is -0.375 e. The Labute approximate surface area is 138 Å². The summed E-state index contributed by atoms with van der Waals surface area (Å²) in [5, 5.41) is 5.96. The number of halogens is 2. The van der Waals surface area contributed by atoms with E-state index in [0.717, 1.165) is 21.3 Å². The first kappa shape index (κ1) is 16.5. The first-order valence-electron chi connectivity index (χ1n) is 7.00. The van der Waals surface area contributed by atoms with E-state index in [-0.39, 0.29) is 24.3 Å². The zero-order chi connectivity index (χ0) is 16.1. The van der Waals surface area contributed by atoms with E-state index in [1.165, 1.54) is 12.1 Å². The second kappa shape index (κ2) is 7.40. The quantitative estimate of drug-likeness (QED) is 0.835. The lowest BCUT2D eigenvalue weighted by Crippen LogP contribution is -2.32. The van der Waals surface area contributed by atoms with Gasteiger partial charge in [-0.1, -0.05) is 18.2 Å². The van der Waals surface area contributed by atoms with Crippen molar-refractivity contribution in [1.29, 1.82) is 0 Å². The Bertz CT molecular complexity index is 658. The highest BCUT2D eigenvalue weighted by molar-refractivity contribution is 9.10. The number of carbonyl (C=O) groups is 1. The normalized spacial score (nSPS) is 11.8. The highest BCUT2D eigenvalue weighted by Crippen LogP contribution is 2.23. The van der Waals surface area contributed by atoms with Crippen LogP contribution in [0.15, 0.2) is 46.9 Å². The summed E-state index contributed by atoms with van der Waals surface area (Å²) in [5.41, 5.74) is 2.88. The van der Waals surface area contributed by atoms with Crippen LogP contribution in [0.2, 0.25) is 0 Å². The van der Waals surface area contributed by atoms with Crippen LogP contribution in [0.4, 0.5) is 10.1 Å². The molecule has 2 N–H and O–H groups in total. The predicted molar refractivity (Wildman–Crippen MR) is 90.3 cm³/mol. The molecule has 1 atom stereocenters. The molecule has 0 saturated heterocycles. The molecule has 22 heavy (non-hydrogen) atoms. The van der Waals surface area contributed by atoms with Gasteiger partial charge in [0, 0.05) is 10.2 Å². The van der Waals surface area contributed by atoms with Crippen LogP contribution in [0.1, 0.15) is 24.1 Å². The molecule has 5 heteroatoms. The number of hydrogen-bond acceptors (Lipinski definition) is 2. The molecular weight excluding hydrogens is 347 g/mol. The number of benzene rings is 2. The van der Waals surface area contributed by atoms with Crippen molar-refractivity contribution < 1.29 is 9.18 Å². The van der Waals surface area contributed by atoms with Gasteiger partial charge in [0.25, 0.3) is 0 Å². The molecule has 0 aliphatic carbocycles. The lowest BCUT2D eigenvalue weighted by atomic mass is 10.1. The molecule has 0 aliphatic rings. The Morgan fingerprint density at radius 3 is 2.55 bits per heavy atom. The summed E-state index contributed by atoms with van der Waals surface area (Å²) in [5.74, 6) is -0.405. The molecule has 0 heterocycles. The number of aryl methyl sites for hydroxylation is 1. The van der Waals surface area contributed by atoms with Crippen LogP contribution < -0.4 is 10.6 Å². The topological polar surface area (TPSA) is 41.1 Å². The minimum absolute atomic E-state index is 0.121. The zero-order valence-electron chi connectivity index (χ0n) is 12.5. The van der Waals surface area contributed by atoms with E-state index in [9.17, 15) is 9.18 Å². The van der Waals surface area contributed by atoms with Gasteiger partial charge in [0.1, 0.15) is 5.82 Å². The Morgan fingerprint density at radius 2 is 1.91 bits per heavy atom. The van der Waals surface area contributed by atoms with Crippen molar-refractivity contribution in [3.8, 4) is 0 Å². The molecule has 1 amide bonds. The summed E-state index contributed by atoms with van der Waals surface area (Å²) < 4.78 is 13.8. The van der Waals surface area contributed by atoms with Gasteiger partial charge in [-0.25, -0.2) is 4.39 Å². The molecule has 0 radical (unpaired) electrons. The molecule has 2 aromatic carbocycles. The number of amides is 1. The highest BCUT2D eigenvalue weighted by Gasteiger charge is 2.10. The fourth-order valence-electron chi connectivity index (χ4n) is 2.07. The molecule has 0 aromatic heterocycles. The van der Waals surface area contributed by atoms with Crippen LogP contribution in [0, 0.1) is 12.7 Å². The number of carbonyl (C=O) groups excluding carboxylic acids is 1. The molecule has 0 aliphatic heterocycles. The molecule has 2 aromatic rings. The maximum absolute atomic E-state index is 12.9. The third-order valence-corrected chi connectivity index (χ3v) is 3.97. The molecule has 116 valence electrons. The van der Waals surface area contributed by atoms with Crippen molar-refractivity contribution in [2.24, 2.45) is 0 Å². The average molecular weight is 365 g/mol. The smallest absolute Gasteiger partial charge is 0.239 e. The van der Waals surface area contributed by atoms with E-state index < -0.39 is 0 Å². The van der Waals surface area contributed by atoms with Crippen molar-refractivity contribution in [3.05, 3.63) is 63.9 Å². The van der Waals surface area contributed by atoms with Gasteiger partial charge in [-0.3, -0.25) is 4.79 Å². The largest absolute Gasteiger partial charge is 0.375 e. The molecule has 1 unspecified atom stereocenters. The van der Waals surface area contributed by atoms with E-state index in [4.69, 9.17) is 0 Å². The molecule has 2 rings (SSSR count). The van der Waals surface area contributed by atoms with Gasteiger partial charge in [0.2, 0.25) is 5.91 Å². The number of nitrogens with one attached hydrogen (secondary N) is 2. The van der Waals surface area contributed by atoms with Crippen LogP contribution in [0.5, 0.6) is 0 Å². The van der Waals surface area contributed by atoms with Gasteiger partial charge < -0.3 is 10.6 Å². The van der Waals surface area contributed by atoms with Gasteiger partial charge in [0.05, 0.1) is 12.6 Å². The molecule has 0 fully saturated rings. The molecule has 3 nitrogen and oxygen atoms in total. The van der Waals surface area contributed by atoms with Gasteiger partial charge in [-0.2, -0.15) is 0 Å². The average Bonchev–Trinajstić information content (AvgIpc) is 2.47. The Morgan fingerprint density at radius 1 is 1.23 bits per heavy atom. The number of anilines is 1. The summed E-state index contributed by atoms with van der Waals surface area (Å²) in [7, 11) is 0. The summed E-state index contributed by atoms with van der Waals surface area (Å²) in [6.45, 7) is 4.05. The van der Waals surface area contributed by atoms with Gasteiger partial charge in [-0.15, -0.1) is 0 Å². The van der Waals surface area contributed by atoms with Crippen molar-refractivity contribution >= 4 is 27.5 Å². The van der Waals surface area contributed by atoms with Crippen molar-refractivity contribution in [1.82, 2.24) is 5.32 Å². The third kappa shape index (κ3) is 4.56. The number of rotatable bonds is 5.